The molecule has 2 amide bonds. The lowest BCUT2D eigenvalue weighted by atomic mass is 10.1. The highest BCUT2D eigenvalue weighted by atomic mass is 19.2. The Bertz CT molecular complexity index is 881. The van der Waals surface area contributed by atoms with Crippen LogP contribution in [0.5, 0.6) is 0 Å². The number of halogens is 2. The van der Waals surface area contributed by atoms with E-state index in [0.29, 0.717) is 32.7 Å². The van der Waals surface area contributed by atoms with Crippen LogP contribution < -0.4 is 4.90 Å². The van der Waals surface area contributed by atoms with Crippen molar-refractivity contribution in [2.75, 3.05) is 44.2 Å². The Labute approximate surface area is 168 Å². The van der Waals surface area contributed by atoms with Crippen LogP contribution in [-0.4, -0.2) is 60.9 Å². The molecule has 0 N–H and O–H groups in total. The van der Waals surface area contributed by atoms with Crippen LogP contribution >= 0.6 is 0 Å². The maximum atomic E-state index is 13.4. The highest BCUT2D eigenvalue weighted by Crippen LogP contribution is 2.16. The van der Waals surface area contributed by atoms with E-state index in [2.05, 4.69) is 6.58 Å². The maximum absolute atomic E-state index is 13.4. The highest BCUT2D eigenvalue weighted by Gasteiger charge is 2.25. The van der Waals surface area contributed by atoms with E-state index >= 15 is 0 Å². The summed E-state index contributed by atoms with van der Waals surface area (Å²) < 4.78 is 26.5. The van der Waals surface area contributed by atoms with Crippen molar-refractivity contribution in [1.82, 2.24) is 9.80 Å². The molecule has 0 atom stereocenters. The lowest BCUT2D eigenvalue weighted by molar-refractivity contribution is -0.120. The van der Waals surface area contributed by atoms with Crippen molar-refractivity contribution in [3.05, 3.63) is 78.4 Å². The molecule has 3 rings (SSSR count). The summed E-state index contributed by atoms with van der Waals surface area (Å²) in [5.74, 6) is -2.40. The van der Waals surface area contributed by atoms with Gasteiger partial charge in [-0.1, -0.05) is 24.3 Å². The number of benzene rings is 2. The van der Waals surface area contributed by atoms with Gasteiger partial charge in [0.15, 0.2) is 11.6 Å². The fraction of sp³-hybridized carbons (Fsp3) is 0.273. The Morgan fingerprint density at radius 1 is 1.00 bits per heavy atom. The molecule has 0 aromatic heterocycles. The van der Waals surface area contributed by atoms with Crippen molar-refractivity contribution in [3.63, 3.8) is 0 Å². The van der Waals surface area contributed by atoms with E-state index in [1.54, 1.807) is 15.9 Å². The summed E-state index contributed by atoms with van der Waals surface area (Å²) >= 11 is 0. The molecule has 7 heteroatoms. The normalized spacial score (nSPS) is 14.5. The number of hydrogen-bond donors (Lipinski definition) is 0. The van der Waals surface area contributed by atoms with Gasteiger partial charge in [0, 0.05) is 44.0 Å². The third kappa shape index (κ3) is 5.06. The highest BCUT2D eigenvalue weighted by molar-refractivity contribution is 5.95. The average molecular weight is 399 g/mol. The van der Waals surface area contributed by atoms with Gasteiger partial charge in [0.25, 0.3) is 5.91 Å². The summed E-state index contributed by atoms with van der Waals surface area (Å²) in [5.41, 5.74) is 0.930. The molecule has 1 heterocycles. The minimum Gasteiger partial charge on any atom is -0.336 e. The smallest absolute Gasteiger partial charge is 0.254 e. The van der Waals surface area contributed by atoms with Crippen molar-refractivity contribution in [2.45, 2.75) is 0 Å². The zero-order valence-electron chi connectivity index (χ0n) is 16.1. The van der Waals surface area contributed by atoms with Gasteiger partial charge in [-0.3, -0.25) is 14.5 Å². The number of hydrogen-bond acceptors (Lipinski definition) is 3. The first-order valence-corrected chi connectivity index (χ1v) is 9.42. The van der Waals surface area contributed by atoms with E-state index in [9.17, 15) is 18.4 Å². The van der Waals surface area contributed by atoms with Crippen LogP contribution in [0.25, 0.3) is 0 Å². The molecule has 0 aliphatic carbocycles. The van der Waals surface area contributed by atoms with Gasteiger partial charge in [-0.2, -0.15) is 0 Å². The number of rotatable bonds is 6. The summed E-state index contributed by atoms with van der Waals surface area (Å²) in [6.45, 7) is 6.25. The second-order valence-electron chi connectivity index (χ2n) is 6.83. The minimum absolute atomic E-state index is 0.0449. The van der Waals surface area contributed by atoms with Gasteiger partial charge >= 0.3 is 0 Å². The number of nitrogens with zero attached hydrogens (tertiary/aromatic N) is 3. The average Bonchev–Trinajstić information content (AvgIpc) is 2.74. The molecule has 0 spiro atoms. The minimum atomic E-state index is -1.04. The summed E-state index contributed by atoms with van der Waals surface area (Å²) in [7, 11) is 0. The third-order valence-corrected chi connectivity index (χ3v) is 4.87. The number of carbonyl (C=O) groups is 2. The van der Waals surface area contributed by atoms with E-state index in [0.717, 1.165) is 17.8 Å². The van der Waals surface area contributed by atoms with Gasteiger partial charge in [0.2, 0.25) is 5.91 Å². The van der Waals surface area contributed by atoms with Crippen LogP contribution in [0, 0.1) is 11.6 Å². The Morgan fingerprint density at radius 3 is 2.31 bits per heavy atom. The van der Waals surface area contributed by atoms with Gasteiger partial charge in [-0.15, -0.1) is 6.58 Å². The zero-order chi connectivity index (χ0) is 20.8. The SMILES string of the molecule is C=CCN(C(=O)CN1CCN(C(=O)c2ccc(F)c(F)c2)CC1)c1ccccc1. The second kappa shape index (κ2) is 9.43. The lowest BCUT2D eigenvalue weighted by Gasteiger charge is -2.35. The Balaban J connectivity index is 1.57. The second-order valence-corrected chi connectivity index (χ2v) is 6.83. The molecule has 1 saturated heterocycles. The van der Waals surface area contributed by atoms with E-state index in [1.165, 1.54) is 6.07 Å². The van der Waals surface area contributed by atoms with Crippen molar-refractivity contribution < 1.29 is 18.4 Å². The van der Waals surface area contributed by atoms with E-state index in [4.69, 9.17) is 0 Å². The number of para-hydroxylation sites is 1. The molecule has 0 radical (unpaired) electrons. The number of anilines is 1. The summed E-state index contributed by atoms with van der Waals surface area (Å²) in [6.07, 6.45) is 1.68. The molecule has 0 saturated carbocycles. The van der Waals surface area contributed by atoms with E-state index in [1.807, 2.05) is 35.2 Å². The molecular formula is C22H23F2N3O2. The molecule has 29 heavy (non-hydrogen) atoms. The molecule has 2 aromatic carbocycles. The maximum Gasteiger partial charge on any atom is 0.254 e. The molecule has 1 aliphatic rings. The first-order chi connectivity index (χ1) is 14.0. The quantitative estimate of drug-likeness (QED) is 0.702. The van der Waals surface area contributed by atoms with Crippen molar-refractivity contribution in [1.29, 1.82) is 0 Å². The fourth-order valence-corrected chi connectivity index (χ4v) is 3.29. The zero-order valence-corrected chi connectivity index (χ0v) is 16.1. The number of carbonyl (C=O) groups excluding carboxylic acids is 2. The molecule has 0 unspecified atom stereocenters. The van der Waals surface area contributed by atoms with Crippen LogP contribution in [-0.2, 0) is 4.79 Å². The van der Waals surface area contributed by atoms with Crippen molar-refractivity contribution in [2.24, 2.45) is 0 Å². The first kappa shape index (κ1) is 20.7. The van der Waals surface area contributed by atoms with Gasteiger partial charge in [0.05, 0.1) is 6.54 Å². The van der Waals surface area contributed by atoms with Gasteiger partial charge in [-0.25, -0.2) is 8.78 Å². The van der Waals surface area contributed by atoms with Crippen LogP contribution in [0.1, 0.15) is 10.4 Å². The van der Waals surface area contributed by atoms with Crippen molar-refractivity contribution >= 4 is 17.5 Å². The molecule has 0 bridgehead atoms. The molecule has 1 fully saturated rings. The lowest BCUT2D eigenvalue weighted by Crippen LogP contribution is -2.51. The van der Waals surface area contributed by atoms with E-state index < -0.39 is 11.6 Å². The monoisotopic (exact) mass is 399 g/mol. The summed E-state index contributed by atoms with van der Waals surface area (Å²) in [4.78, 5) is 30.5. The van der Waals surface area contributed by atoms with Crippen LogP contribution in [0.3, 0.4) is 0 Å². The summed E-state index contributed by atoms with van der Waals surface area (Å²) in [6, 6.07) is 12.5. The number of piperazine rings is 1. The summed E-state index contributed by atoms with van der Waals surface area (Å²) in [5, 5.41) is 0. The first-order valence-electron chi connectivity index (χ1n) is 9.42. The van der Waals surface area contributed by atoms with Gasteiger partial charge in [-0.05, 0) is 30.3 Å². The molecule has 2 aromatic rings. The third-order valence-electron chi connectivity index (χ3n) is 4.87. The van der Waals surface area contributed by atoms with E-state index in [-0.39, 0.29) is 23.9 Å². The Kier molecular flexibility index (Phi) is 6.72. The molecular weight excluding hydrogens is 376 g/mol. The standard InChI is InChI=1S/C22H23F2N3O2/c1-2-10-27(18-6-4-3-5-7-18)21(28)16-25-11-13-26(14-12-25)22(29)17-8-9-19(23)20(24)15-17/h2-9,15H,1,10-14,16H2. The van der Waals surface area contributed by atoms with Crippen LogP contribution in [0.4, 0.5) is 14.5 Å². The molecule has 1 aliphatic heterocycles. The number of amides is 2. The van der Waals surface area contributed by atoms with Crippen molar-refractivity contribution in [3.8, 4) is 0 Å². The predicted octanol–water partition coefficient (Wildman–Crippen LogP) is 2.94. The molecule has 5 nitrogen and oxygen atoms in total. The largest absolute Gasteiger partial charge is 0.336 e. The molecule has 152 valence electrons. The van der Waals surface area contributed by atoms with Gasteiger partial charge < -0.3 is 9.80 Å². The Morgan fingerprint density at radius 2 is 1.69 bits per heavy atom. The fourth-order valence-electron chi connectivity index (χ4n) is 3.29. The van der Waals surface area contributed by atoms with Crippen LogP contribution in [0.2, 0.25) is 0 Å². The van der Waals surface area contributed by atoms with Gasteiger partial charge in [0.1, 0.15) is 0 Å². The van der Waals surface area contributed by atoms with Crippen LogP contribution in [0.15, 0.2) is 61.2 Å². The Hall–Kier alpha value is -3.06. The topological polar surface area (TPSA) is 43.9 Å². The predicted molar refractivity (Wildman–Crippen MR) is 108 cm³/mol.